The highest BCUT2D eigenvalue weighted by molar-refractivity contribution is 7.22. The summed E-state index contributed by atoms with van der Waals surface area (Å²) in [4.78, 5) is 17.8. The molecule has 0 amide bonds. The molecule has 9 heteroatoms. The monoisotopic (exact) mass is 455 g/mol. The van der Waals surface area contributed by atoms with Crippen LogP contribution in [0.4, 0.5) is 5.82 Å². The van der Waals surface area contributed by atoms with Crippen molar-refractivity contribution in [3.63, 3.8) is 0 Å². The van der Waals surface area contributed by atoms with E-state index in [2.05, 4.69) is 62.8 Å². The van der Waals surface area contributed by atoms with Gasteiger partial charge in [0.1, 0.15) is 12.1 Å². The van der Waals surface area contributed by atoms with E-state index in [9.17, 15) is 0 Å². The lowest BCUT2D eigenvalue weighted by atomic mass is 10.1. The Bertz CT molecular complexity index is 1040. The number of anilines is 1. The third-order valence-electron chi connectivity index (χ3n) is 6.49. The summed E-state index contributed by atoms with van der Waals surface area (Å²) in [7, 11) is 0. The van der Waals surface area contributed by atoms with Gasteiger partial charge in [-0.25, -0.2) is 9.97 Å². The molecule has 2 saturated heterocycles. The molecule has 0 unspecified atom stereocenters. The second-order valence-corrected chi connectivity index (χ2v) is 10.7. The Morgan fingerprint density at radius 1 is 1.00 bits per heavy atom. The fourth-order valence-corrected chi connectivity index (χ4v) is 5.58. The molecule has 172 valence electrons. The fourth-order valence-electron chi connectivity index (χ4n) is 4.48. The minimum atomic E-state index is 0.213. The van der Waals surface area contributed by atoms with Gasteiger partial charge in [0.15, 0.2) is 0 Å². The SMILES string of the molecule is CC(C)(C)N1CCN(c2ncnc3cc(-c4cnn(CCN5CCOCC5)c4)sc23)CC1. The zero-order valence-corrected chi connectivity index (χ0v) is 20.1. The Hall–Kier alpha value is -2.07. The highest BCUT2D eigenvalue weighted by atomic mass is 32.1. The van der Waals surface area contributed by atoms with E-state index >= 15 is 0 Å². The van der Waals surface area contributed by atoms with Crippen LogP contribution in [-0.4, -0.2) is 94.1 Å². The van der Waals surface area contributed by atoms with Crippen LogP contribution < -0.4 is 4.90 Å². The second kappa shape index (κ2) is 9.05. The Kier molecular flexibility index (Phi) is 6.16. The van der Waals surface area contributed by atoms with E-state index in [4.69, 9.17) is 4.74 Å². The van der Waals surface area contributed by atoms with Crippen molar-refractivity contribution in [2.75, 3.05) is 63.9 Å². The average Bonchev–Trinajstić information content (AvgIpc) is 3.45. The van der Waals surface area contributed by atoms with Gasteiger partial charge in [-0.1, -0.05) is 0 Å². The van der Waals surface area contributed by atoms with Crippen LogP contribution in [0.1, 0.15) is 20.8 Å². The van der Waals surface area contributed by atoms with Crippen LogP contribution in [0.5, 0.6) is 0 Å². The van der Waals surface area contributed by atoms with Crippen LogP contribution >= 0.6 is 11.3 Å². The molecule has 0 spiro atoms. The molecule has 5 heterocycles. The van der Waals surface area contributed by atoms with Crippen molar-refractivity contribution in [3.8, 4) is 10.4 Å². The van der Waals surface area contributed by atoms with Crippen LogP contribution in [-0.2, 0) is 11.3 Å². The van der Waals surface area contributed by atoms with Gasteiger partial charge in [0.05, 0.1) is 36.2 Å². The number of aromatic nitrogens is 4. The normalized spacial score (nSPS) is 19.2. The van der Waals surface area contributed by atoms with Crippen molar-refractivity contribution in [1.29, 1.82) is 0 Å². The van der Waals surface area contributed by atoms with Crippen LogP contribution in [0.25, 0.3) is 20.7 Å². The summed E-state index contributed by atoms with van der Waals surface area (Å²) < 4.78 is 8.66. The second-order valence-electron chi connectivity index (χ2n) is 9.61. The smallest absolute Gasteiger partial charge is 0.150 e. The van der Waals surface area contributed by atoms with E-state index < -0.39 is 0 Å². The number of hydrogen-bond donors (Lipinski definition) is 0. The Labute approximate surface area is 193 Å². The number of ether oxygens (including phenoxy) is 1. The average molecular weight is 456 g/mol. The predicted molar refractivity (Wildman–Crippen MR) is 129 cm³/mol. The van der Waals surface area contributed by atoms with E-state index in [1.54, 1.807) is 17.7 Å². The molecule has 2 aliphatic heterocycles. The molecule has 0 aromatic carbocycles. The first kappa shape index (κ1) is 21.8. The number of hydrogen-bond acceptors (Lipinski definition) is 8. The molecule has 2 fully saturated rings. The number of rotatable bonds is 5. The highest BCUT2D eigenvalue weighted by Gasteiger charge is 2.27. The van der Waals surface area contributed by atoms with Gasteiger partial charge >= 0.3 is 0 Å². The number of fused-ring (bicyclic) bond motifs is 1. The Morgan fingerprint density at radius 3 is 2.53 bits per heavy atom. The molecular formula is C23H33N7OS. The van der Waals surface area contributed by atoms with Crippen molar-refractivity contribution in [2.45, 2.75) is 32.9 Å². The van der Waals surface area contributed by atoms with Crippen LogP contribution in [0.3, 0.4) is 0 Å². The predicted octanol–water partition coefficient (Wildman–Crippen LogP) is 2.81. The number of thiophene rings is 1. The van der Waals surface area contributed by atoms with E-state index in [0.29, 0.717) is 0 Å². The van der Waals surface area contributed by atoms with Crippen molar-refractivity contribution >= 4 is 27.4 Å². The molecule has 0 radical (unpaired) electrons. The first-order chi connectivity index (χ1) is 15.5. The Balaban J connectivity index is 1.30. The van der Waals surface area contributed by atoms with E-state index in [1.807, 2.05) is 10.9 Å². The van der Waals surface area contributed by atoms with Gasteiger partial charge in [0, 0.05) is 68.0 Å². The zero-order chi connectivity index (χ0) is 22.1. The largest absolute Gasteiger partial charge is 0.379 e. The fraction of sp³-hybridized carbons (Fsp3) is 0.609. The molecule has 0 saturated carbocycles. The molecular weight excluding hydrogens is 422 g/mol. The first-order valence-corrected chi connectivity index (χ1v) is 12.4. The van der Waals surface area contributed by atoms with Crippen LogP contribution in [0, 0.1) is 0 Å². The minimum Gasteiger partial charge on any atom is -0.379 e. The van der Waals surface area contributed by atoms with Gasteiger partial charge in [0.25, 0.3) is 0 Å². The number of nitrogens with zero attached hydrogens (tertiary/aromatic N) is 7. The van der Waals surface area contributed by atoms with E-state index in [-0.39, 0.29) is 5.54 Å². The molecule has 3 aromatic rings. The molecule has 8 nitrogen and oxygen atoms in total. The molecule has 0 aliphatic carbocycles. The standard InChI is InChI=1S/C23H33N7OS/c1-23(2,3)29-7-5-28(6-8-29)22-21-19(24-17-25-22)14-20(32-21)18-15-26-30(16-18)9-4-27-10-12-31-13-11-27/h14-17H,4-13H2,1-3H3. The number of morpholine rings is 1. The molecule has 2 aliphatic rings. The topological polar surface area (TPSA) is 62.6 Å². The van der Waals surface area contributed by atoms with Gasteiger partial charge in [-0.3, -0.25) is 14.5 Å². The third kappa shape index (κ3) is 4.66. The Morgan fingerprint density at radius 2 is 1.78 bits per heavy atom. The van der Waals surface area contributed by atoms with Crippen molar-refractivity contribution in [3.05, 3.63) is 24.8 Å². The van der Waals surface area contributed by atoms with Crippen LogP contribution in [0.2, 0.25) is 0 Å². The maximum atomic E-state index is 5.44. The molecule has 0 atom stereocenters. The number of piperazine rings is 1. The molecule has 3 aromatic heterocycles. The third-order valence-corrected chi connectivity index (χ3v) is 7.66. The van der Waals surface area contributed by atoms with Gasteiger partial charge in [0.2, 0.25) is 0 Å². The lowest BCUT2D eigenvalue weighted by Gasteiger charge is -2.42. The van der Waals surface area contributed by atoms with E-state index in [1.165, 1.54) is 9.58 Å². The van der Waals surface area contributed by atoms with Crippen molar-refractivity contribution < 1.29 is 4.74 Å². The summed E-state index contributed by atoms with van der Waals surface area (Å²) >= 11 is 1.78. The van der Waals surface area contributed by atoms with Gasteiger partial charge in [-0.2, -0.15) is 5.10 Å². The highest BCUT2D eigenvalue weighted by Crippen LogP contribution is 2.37. The van der Waals surface area contributed by atoms with Gasteiger partial charge < -0.3 is 9.64 Å². The summed E-state index contributed by atoms with van der Waals surface area (Å²) in [6.45, 7) is 16.6. The summed E-state index contributed by atoms with van der Waals surface area (Å²) in [6, 6.07) is 2.18. The van der Waals surface area contributed by atoms with Crippen molar-refractivity contribution in [1.82, 2.24) is 29.5 Å². The molecule has 32 heavy (non-hydrogen) atoms. The molecule has 0 bridgehead atoms. The van der Waals surface area contributed by atoms with Gasteiger partial charge in [-0.05, 0) is 26.8 Å². The lowest BCUT2D eigenvalue weighted by molar-refractivity contribution is 0.0360. The van der Waals surface area contributed by atoms with Crippen LogP contribution in [0.15, 0.2) is 24.8 Å². The maximum Gasteiger partial charge on any atom is 0.150 e. The van der Waals surface area contributed by atoms with Gasteiger partial charge in [-0.15, -0.1) is 11.3 Å². The first-order valence-electron chi connectivity index (χ1n) is 11.5. The van der Waals surface area contributed by atoms with Crippen molar-refractivity contribution in [2.24, 2.45) is 0 Å². The summed E-state index contributed by atoms with van der Waals surface area (Å²) in [6.07, 6.45) is 5.83. The van der Waals surface area contributed by atoms with E-state index in [0.717, 1.165) is 82.5 Å². The zero-order valence-electron chi connectivity index (χ0n) is 19.3. The molecule has 0 N–H and O–H groups in total. The summed E-state index contributed by atoms with van der Waals surface area (Å²) in [5.41, 5.74) is 2.39. The summed E-state index contributed by atoms with van der Waals surface area (Å²) in [5.74, 6) is 1.07. The molecule has 5 rings (SSSR count). The summed E-state index contributed by atoms with van der Waals surface area (Å²) in [5, 5.41) is 4.60. The quantitative estimate of drug-likeness (QED) is 0.586. The minimum absolute atomic E-state index is 0.213. The maximum absolute atomic E-state index is 5.44. The lowest BCUT2D eigenvalue weighted by Crippen LogP contribution is -2.53.